The molecular weight excluding hydrogens is 432 g/mol. The zero-order valence-corrected chi connectivity index (χ0v) is 19.4. The highest BCUT2D eigenvalue weighted by atomic mass is 16.5. The highest BCUT2D eigenvalue weighted by molar-refractivity contribution is 6.18. The Kier molecular flexibility index (Phi) is 6.18. The van der Waals surface area contributed by atoms with Crippen molar-refractivity contribution < 1.29 is 14.3 Å². The Labute approximate surface area is 197 Å². The van der Waals surface area contributed by atoms with E-state index < -0.39 is 6.03 Å². The molecule has 0 unspecified atom stereocenters. The molecule has 0 radical (unpaired) electrons. The number of anilines is 3. The zero-order valence-electron chi connectivity index (χ0n) is 19.4. The predicted octanol–water partition coefficient (Wildman–Crippen LogP) is 4.79. The fourth-order valence-corrected chi connectivity index (χ4v) is 3.76. The number of hydrogen-bond donors (Lipinski definition) is 3. The Morgan fingerprint density at radius 3 is 2.59 bits per heavy atom. The number of amides is 2. The van der Waals surface area contributed by atoms with Crippen molar-refractivity contribution in [2.45, 2.75) is 26.8 Å². The first kappa shape index (κ1) is 22.8. The first-order chi connectivity index (χ1) is 16.3. The minimum Gasteiger partial charge on any atom is -0.497 e. The van der Waals surface area contributed by atoms with Crippen molar-refractivity contribution in [2.24, 2.45) is 0 Å². The van der Waals surface area contributed by atoms with E-state index in [0.29, 0.717) is 39.3 Å². The van der Waals surface area contributed by atoms with E-state index in [0.717, 1.165) is 5.56 Å². The SMILES string of the molecule is COc1ccc(NC(=O)Nc2cccc(C(=O)c3cn(C(C)C)c4ncnc(N)c34)c2)c(C)c1. The summed E-state index contributed by atoms with van der Waals surface area (Å²) in [4.78, 5) is 34.4. The average molecular weight is 459 g/mol. The van der Waals surface area contributed by atoms with E-state index in [1.54, 1.807) is 49.7 Å². The lowest BCUT2D eigenvalue weighted by Gasteiger charge is -2.11. The summed E-state index contributed by atoms with van der Waals surface area (Å²) in [6, 6.07) is 11.8. The van der Waals surface area contributed by atoms with Crippen LogP contribution in [0.15, 0.2) is 55.0 Å². The number of nitrogen functional groups attached to an aromatic ring is 1. The number of hydrogen-bond acceptors (Lipinski definition) is 6. The number of aromatic nitrogens is 3. The number of ketones is 1. The molecular formula is C25H26N6O3. The number of benzene rings is 2. The summed E-state index contributed by atoms with van der Waals surface area (Å²) in [6.45, 7) is 5.87. The molecule has 0 aliphatic carbocycles. The van der Waals surface area contributed by atoms with Gasteiger partial charge in [-0.2, -0.15) is 0 Å². The highest BCUT2D eigenvalue weighted by Gasteiger charge is 2.21. The number of fused-ring (bicyclic) bond motifs is 1. The van der Waals surface area contributed by atoms with Gasteiger partial charge in [-0.25, -0.2) is 14.8 Å². The van der Waals surface area contributed by atoms with Gasteiger partial charge in [-0.05, 0) is 56.7 Å². The van der Waals surface area contributed by atoms with Crippen LogP contribution in [0.25, 0.3) is 11.0 Å². The number of carbonyl (C=O) groups is 2. The van der Waals surface area contributed by atoms with Crippen LogP contribution in [0.5, 0.6) is 5.75 Å². The van der Waals surface area contributed by atoms with Gasteiger partial charge in [-0.15, -0.1) is 0 Å². The van der Waals surface area contributed by atoms with Crippen LogP contribution in [0.2, 0.25) is 0 Å². The van der Waals surface area contributed by atoms with Gasteiger partial charge in [0.15, 0.2) is 5.78 Å². The highest BCUT2D eigenvalue weighted by Crippen LogP contribution is 2.29. The Bertz CT molecular complexity index is 1390. The number of urea groups is 1. The molecule has 9 heteroatoms. The molecule has 0 aliphatic heterocycles. The Morgan fingerprint density at radius 1 is 1.09 bits per heavy atom. The smallest absolute Gasteiger partial charge is 0.323 e. The van der Waals surface area contributed by atoms with Crippen LogP contribution in [0.3, 0.4) is 0 Å². The molecule has 0 saturated carbocycles. The second-order valence-electron chi connectivity index (χ2n) is 8.17. The molecule has 0 aliphatic rings. The summed E-state index contributed by atoms with van der Waals surface area (Å²) in [6.07, 6.45) is 3.14. The molecule has 0 spiro atoms. The van der Waals surface area contributed by atoms with E-state index in [9.17, 15) is 9.59 Å². The molecule has 0 saturated heterocycles. The van der Waals surface area contributed by atoms with Crippen LogP contribution >= 0.6 is 0 Å². The number of nitrogens with one attached hydrogen (secondary N) is 2. The van der Waals surface area contributed by atoms with Gasteiger partial charge in [0.1, 0.15) is 23.5 Å². The van der Waals surface area contributed by atoms with E-state index in [1.165, 1.54) is 6.33 Å². The standard InChI is InChI=1S/C25H26N6O3/c1-14(2)31-12-19(21-23(26)27-13-28-24(21)31)22(32)16-6-5-7-17(11-16)29-25(33)30-20-9-8-18(34-4)10-15(20)3/h5-14H,1-4H3,(H2,26,27,28)(H2,29,30,33). The average Bonchev–Trinajstić information content (AvgIpc) is 3.21. The number of rotatable bonds is 6. The molecule has 2 amide bonds. The number of aryl methyl sites for hydroxylation is 1. The number of ether oxygens (including phenoxy) is 1. The van der Waals surface area contributed by atoms with Crippen molar-refractivity contribution in [1.82, 2.24) is 14.5 Å². The number of methoxy groups -OCH3 is 1. The third-order valence-corrected chi connectivity index (χ3v) is 5.50. The van der Waals surface area contributed by atoms with Gasteiger partial charge >= 0.3 is 6.03 Å². The van der Waals surface area contributed by atoms with Crippen molar-refractivity contribution >= 4 is 40.0 Å². The van der Waals surface area contributed by atoms with Crippen LogP contribution in [-0.2, 0) is 0 Å². The molecule has 9 nitrogen and oxygen atoms in total. The van der Waals surface area contributed by atoms with Crippen LogP contribution in [0, 0.1) is 6.92 Å². The van der Waals surface area contributed by atoms with Crippen LogP contribution in [0.1, 0.15) is 41.4 Å². The molecule has 2 aromatic heterocycles. The first-order valence-corrected chi connectivity index (χ1v) is 10.8. The molecule has 2 heterocycles. The first-order valence-electron chi connectivity index (χ1n) is 10.8. The second kappa shape index (κ2) is 9.22. The fourth-order valence-electron chi connectivity index (χ4n) is 3.76. The summed E-state index contributed by atoms with van der Waals surface area (Å²) in [5.74, 6) is 0.719. The normalized spacial score (nSPS) is 11.0. The van der Waals surface area contributed by atoms with Crippen molar-refractivity contribution in [3.63, 3.8) is 0 Å². The van der Waals surface area contributed by atoms with E-state index in [1.807, 2.05) is 31.4 Å². The molecule has 4 aromatic rings. The largest absolute Gasteiger partial charge is 0.497 e. The van der Waals surface area contributed by atoms with E-state index in [2.05, 4.69) is 20.6 Å². The Morgan fingerprint density at radius 2 is 1.88 bits per heavy atom. The number of nitrogens with two attached hydrogens (primary N) is 1. The van der Waals surface area contributed by atoms with Gasteiger partial charge in [-0.3, -0.25) is 4.79 Å². The maximum Gasteiger partial charge on any atom is 0.323 e. The van der Waals surface area contributed by atoms with Gasteiger partial charge in [0.2, 0.25) is 0 Å². The topological polar surface area (TPSA) is 124 Å². The minimum absolute atomic E-state index is 0.0801. The zero-order chi connectivity index (χ0) is 24.4. The number of carbonyl (C=O) groups excluding carboxylic acids is 2. The lowest BCUT2D eigenvalue weighted by molar-refractivity contribution is 0.104. The van der Waals surface area contributed by atoms with Crippen LogP contribution in [-0.4, -0.2) is 33.5 Å². The summed E-state index contributed by atoms with van der Waals surface area (Å²) < 4.78 is 7.09. The molecule has 4 N–H and O–H groups in total. The Balaban J connectivity index is 1.58. The van der Waals surface area contributed by atoms with Crippen molar-refractivity contribution in [2.75, 3.05) is 23.5 Å². The molecule has 174 valence electrons. The molecule has 0 fully saturated rings. The lowest BCUT2D eigenvalue weighted by Crippen LogP contribution is -2.20. The molecule has 0 bridgehead atoms. The quantitative estimate of drug-likeness (QED) is 0.357. The summed E-state index contributed by atoms with van der Waals surface area (Å²) in [5, 5.41) is 6.11. The predicted molar refractivity (Wildman–Crippen MR) is 133 cm³/mol. The fraction of sp³-hybridized carbons (Fsp3) is 0.200. The lowest BCUT2D eigenvalue weighted by atomic mass is 10.0. The maximum absolute atomic E-state index is 13.4. The summed E-state index contributed by atoms with van der Waals surface area (Å²) >= 11 is 0. The van der Waals surface area contributed by atoms with Crippen LogP contribution < -0.4 is 21.1 Å². The number of nitrogens with zero attached hydrogens (tertiary/aromatic N) is 3. The van der Waals surface area contributed by atoms with Crippen LogP contribution in [0.4, 0.5) is 22.0 Å². The van der Waals surface area contributed by atoms with Crippen molar-refractivity contribution in [3.05, 3.63) is 71.7 Å². The third-order valence-electron chi connectivity index (χ3n) is 5.50. The summed E-state index contributed by atoms with van der Waals surface area (Å²) in [7, 11) is 1.59. The maximum atomic E-state index is 13.4. The van der Waals surface area contributed by atoms with Gasteiger partial charge < -0.3 is 25.7 Å². The van der Waals surface area contributed by atoms with Gasteiger partial charge in [0.25, 0.3) is 0 Å². The molecule has 0 atom stereocenters. The molecule has 34 heavy (non-hydrogen) atoms. The van der Waals surface area contributed by atoms with Crippen molar-refractivity contribution in [1.29, 1.82) is 0 Å². The third kappa shape index (κ3) is 4.40. The van der Waals surface area contributed by atoms with E-state index in [-0.39, 0.29) is 17.6 Å². The monoisotopic (exact) mass is 458 g/mol. The summed E-state index contributed by atoms with van der Waals surface area (Å²) in [5.41, 5.74) is 9.52. The Hall–Kier alpha value is -4.40. The van der Waals surface area contributed by atoms with Gasteiger partial charge in [-0.1, -0.05) is 12.1 Å². The molecule has 2 aromatic carbocycles. The second-order valence-corrected chi connectivity index (χ2v) is 8.17. The minimum atomic E-state index is -0.424. The molecule has 4 rings (SSSR count). The van der Waals surface area contributed by atoms with Gasteiger partial charge in [0.05, 0.1) is 18.1 Å². The van der Waals surface area contributed by atoms with Gasteiger partial charge in [0, 0.05) is 29.2 Å². The van der Waals surface area contributed by atoms with Crippen molar-refractivity contribution in [3.8, 4) is 5.75 Å². The van der Waals surface area contributed by atoms with E-state index >= 15 is 0 Å². The van der Waals surface area contributed by atoms with E-state index in [4.69, 9.17) is 10.5 Å².